The fraction of sp³-hybridized carbons (Fsp3) is 0.769. The van der Waals surface area contributed by atoms with E-state index >= 15 is 0 Å². The first kappa shape index (κ1) is 12.5. The number of allylic oxidation sites excluding steroid dienone is 1. The van der Waals surface area contributed by atoms with Gasteiger partial charge in [-0.25, -0.2) is 0 Å². The van der Waals surface area contributed by atoms with Crippen LogP contribution in [0.25, 0.3) is 0 Å². The molecule has 0 radical (unpaired) electrons. The van der Waals surface area contributed by atoms with Gasteiger partial charge in [0.25, 0.3) is 0 Å². The zero-order chi connectivity index (χ0) is 10.1. The molecule has 76 valence electrons. The molecule has 0 saturated heterocycles. The summed E-state index contributed by atoms with van der Waals surface area (Å²) < 4.78 is 0. The highest BCUT2D eigenvalue weighted by atomic mass is 14.0. The molecule has 1 unspecified atom stereocenters. The lowest BCUT2D eigenvalue weighted by atomic mass is 10.1. The van der Waals surface area contributed by atoms with E-state index in [0.29, 0.717) is 5.92 Å². The lowest BCUT2D eigenvalue weighted by Crippen LogP contribution is -1.85. The second kappa shape index (κ2) is 8.13. The van der Waals surface area contributed by atoms with Crippen molar-refractivity contribution in [2.75, 3.05) is 0 Å². The van der Waals surface area contributed by atoms with Gasteiger partial charge in [-0.15, -0.1) is 5.73 Å². The topological polar surface area (TPSA) is 0 Å². The molecular weight excluding hydrogens is 156 g/mol. The van der Waals surface area contributed by atoms with Crippen LogP contribution in [0.3, 0.4) is 0 Å². The van der Waals surface area contributed by atoms with E-state index in [1.807, 2.05) is 0 Å². The minimum atomic E-state index is 0.682. The number of unbranched alkanes of at least 4 members (excludes halogenated alkanes) is 1. The summed E-state index contributed by atoms with van der Waals surface area (Å²) in [5.74, 6) is 1.52. The highest BCUT2D eigenvalue weighted by Crippen LogP contribution is 2.06. The van der Waals surface area contributed by atoms with Crippen molar-refractivity contribution in [3.63, 3.8) is 0 Å². The third kappa shape index (κ3) is 9.43. The SMILES string of the molecule is CCC(C)C=C=CCCCC(C)C. The molecule has 0 aromatic carbocycles. The van der Waals surface area contributed by atoms with Crippen LogP contribution in [0.2, 0.25) is 0 Å². The second-order valence-corrected chi connectivity index (χ2v) is 4.25. The molecule has 0 N–H and O–H groups in total. The molecular formula is C13H24. The molecule has 0 spiro atoms. The van der Waals surface area contributed by atoms with Crippen molar-refractivity contribution in [2.24, 2.45) is 11.8 Å². The average molecular weight is 180 g/mol. The van der Waals surface area contributed by atoms with Gasteiger partial charge in [-0.05, 0) is 43.3 Å². The van der Waals surface area contributed by atoms with Gasteiger partial charge >= 0.3 is 0 Å². The maximum absolute atomic E-state index is 3.26. The lowest BCUT2D eigenvalue weighted by Gasteiger charge is -1.99. The largest absolute Gasteiger partial charge is 0.129 e. The van der Waals surface area contributed by atoms with E-state index in [0.717, 1.165) is 5.92 Å². The first-order chi connectivity index (χ1) is 6.16. The molecule has 1 atom stereocenters. The van der Waals surface area contributed by atoms with Crippen LogP contribution in [0.5, 0.6) is 0 Å². The van der Waals surface area contributed by atoms with Crippen molar-refractivity contribution < 1.29 is 0 Å². The molecule has 0 rings (SSSR count). The van der Waals surface area contributed by atoms with Crippen LogP contribution in [0.4, 0.5) is 0 Å². The molecule has 0 aliphatic carbocycles. The van der Waals surface area contributed by atoms with E-state index in [-0.39, 0.29) is 0 Å². The average Bonchev–Trinajstić information content (AvgIpc) is 2.10. The fourth-order valence-electron chi connectivity index (χ4n) is 1.06. The molecule has 13 heavy (non-hydrogen) atoms. The van der Waals surface area contributed by atoms with Crippen LogP contribution in [-0.4, -0.2) is 0 Å². The molecule has 0 aromatic rings. The van der Waals surface area contributed by atoms with E-state index in [1.54, 1.807) is 0 Å². The van der Waals surface area contributed by atoms with Crippen molar-refractivity contribution >= 4 is 0 Å². The van der Waals surface area contributed by atoms with Crippen LogP contribution in [0.15, 0.2) is 17.9 Å². The zero-order valence-electron chi connectivity index (χ0n) is 9.64. The van der Waals surface area contributed by atoms with E-state index in [2.05, 4.69) is 45.6 Å². The first-order valence-corrected chi connectivity index (χ1v) is 5.57. The first-order valence-electron chi connectivity index (χ1n) is 5.57. The normalized spacial score (nSPS) is 12.4. The summed E-state index contributed by atoms with van der Waals surface area (Å²) in [4.78, 5) is 0. The van der Waals surface area contributed by atoms with Crippen LogP contribution in [0.1, 0.15) is 53.4 Å². The Morgan fingerprint density at radius 3 is 2.46 bits per heavy atom. The Labute approximate surface area is 83.7 Å². The Kier molecular flexibility index (Phi) is 7.83. The van der Waals surface area contributed by atoms with Gasteiger partial charge in [0, 0.05) is 0 Å². The van der Waals surface area contributed by atoms with E-state index < -0.39 is 0 Å². The van der Waals surface area contributed by atoms with Crippen molar-refractivity contribution in [3.05, 3.63) is 17.9 Å². The summed E-state index contributed by atoms with van der Waals surface area (Å²) >= 11 is 0. The molecule has 0 fully saturated rings. The van der Waals surface area contributed by atoms with Gasteiger partial charge in [-0.1, -0.05) is 34.1 Å². The summed E-state index contributed by atoms with van der Waals surface area (Å²) in [5.41, 5.74) is 3.26. The Bertz CT molecular complexity index is 159. The monoisotopic (exact) mass is 180 g/mol. The smallest absolute Gasteiger partial charge is 0.0189 e. The van der Waals surface area contributed by atoms with E-state index in [9.17, 15) is 0 Å². The van der Waals surface area contributed by atoms with Crippen molar-refractivity contribution in [3.8, 4) is 0 Å². The number of rotatable bonds is 6. The highest BCUT2D eigenvalue weighted by Gasteiger charge is 1.91. The third-order valence-corrected chi connectivity index (χ3v) is 2.27. The van der Waals surface area contributed by atoms with Gasteiger partial charge in [-0.3, -0.25) is 0 Å². The number of hydrogen-bond acceptors (Lipinski definition) is 0. The van der Waals surface area contributed by atoms with Gasteiger partial charge in [0.05, 0.1) is 0 Å². The summed E-state index contributed by atoms with van der Waals surface area (Å²) in [6.45, 7) is 8.99. The summed E-state index contributed by atoms with van der Waals surface area (Å²) in [6.07, 6.45) is 9.39. The Balaban J connectivity index is 3.45. The quantitative estimate of drug-likeness (QED) is 0.415. The van der Waals surface area contributed by atoms with Crippen molar-refractivity contribution in [1.82, 2.24) is 0 Å². The lowest BCUT2D eigenvalue weighted by molar-refractivity contribution is 0.560. The predicted molar refractivity (Wildman–Crippen MR) is 60.8 cm³/mol. The highest BCUT2D eigenvalue weighted by molar-refractivity contribution is 4.87. The standard InChI is InChI=1S/C13H24/c1-5-13(4)11-9-7-6-8-10-12(2)3/h7,11-13H,5-6,8,10H2,1-4H3. The Hall–Kier alpha value is -0.480. The van der Waals surface area contributed by atoms with Crippen molar-refractivity contribution in [2.45, 2.75) is 53.4 Å². The summed E-state index contributed by atoms with van der Waals surface area (Å²) in [5, 5.41) is 0. The Morgan fingerprint density at radius 1 is 1.23 bits per heavy atom. The molecule has 0 amide bonds. The minimum Gasteiger partial charge on any atom is -0.129 e. The summed E-state index contributed by atoms with van der Waals surface area (Å²) in [7, 11) is 0. The summed E-state index contributed by atoms with van der Waals surface area (Å²) in [6, 6.07) is 0. The predicted octanol–water partition coefficient (Wildman–Crippen LogP) is 4.57. The maximum Gasteiger partial charge on any atom is -0.0189 e. The van der Waals surface area contributed by atoms with E-state index in [4.69, 9.17) is 0 Å². The van der Waals surface area contributed by atoms with Crippen LogP contribution in [-0.2, 0) is 0 Å². The van der Waals surface area contributed by atoms with Gasteiger partial charge in [0.1, 0.15) is 0 Å². The van der Waals surface area contributed by atoms with Gasteiger partial charge in [-0.2, -0.15) is 0 Å². The molecule has 0 aliphatic rings. The molecule has 0 aliphatic heterocycles. The molecule has 0 bridgehead atoms. The molecule has 0 heterocycles. The molecule has 0 nitrogen and oxygen atoms in total. The Morgan fingerprint density at radius 2 is 1.92 bits per heavy atom. The van der Waals surface area contributed by atoms with Gasteiger partial charge in [0.2, 0.25) is 0 Å². The molecule has 0 aromatic heterocycles. The maximum atomic E-state index is 3.26. The number of hydrogen-bond donors (Lipinski definition) is 0. The van der Waals surface area contributed by atoms with Gasteiger partial charge in [0.15, 0.2) is 0 Å². The van der Waals surface area contributed by atoms with Crippen LogP contribution in [0, 0.1) is 11.8 Å². The fourth-order valence-corrected chi connectivity index (χ4v) is 1.06. The molecule has 0 heteroatoms. The van der Waals surface area contributed by atoms with Crippen molar-refractivity contribution in [1.29, 1.82) is 0 Å². The molecule has 0 saturated carbocycles. The van der Waals surface area contributed by atoms with Gasteiger partial charge < -0.3 is 0 Å². The minimum absolute atomic E-state index is 0.682. The van der Waals surface area contributed by atoms with Crippen LogP contribution >= 0.6 is 0 Å². The zero-order valence-corrected chi connectivity index (χ0v) is 9.64. The van der Waals surface area contributed by atoms with E-state index in [1.165, 1.54) is 25.7 Å². The van der Waals surface area contributed by atoms with Crippen LogP contribution < -0.4 is 0 Å². The third-order valence-electron chi connectivity index (χ3n) is 2.27. The second-order valence-electron chi connectivity index (χ2n) is 4.25.